The number of rotatable bonds is 2. The topological polar surface area (TPSA) is 37.4 Å². The molecular formula is C16H21NO2S. The molecule has 0 spiro atoms. The van der Waals surface area contributed by atoms with Crippen LogP contribution in [0.5, 0.6) is 0 Å². The number of piperidine rings is 1. The van der Waals surface area contributed by atoms with E-state index in [0.29, 0.717) is 30.3 Å². The van der Waals surface area contributed by atoms with E-state index in [-0.39, 0.29) is 0 Å². The van der Waals surface area contributed by atoms with Gasteiger partial charge < -0.3 is 0 Å². The van der Waals surface area contributed by atoms with Crippen LogP contribution in [-0.4, -0.2) is 25.8 Å². The molecule has 108 valence electrons. The van der Waals surface area contributed by atoms with Gasteiger partial charge in [-0.1, -0.05) is 31.2 Å². The van der Waals surface area contributed by atoms with Crippen LogP contribution in [0.1, 0.15) is 37.3 Å². The number of hydrogen-bond donors (Lipinski definition) is 0. The predicted molar refractivity (Wildman–Crippen MR) is 81.6 cm³/mol. The smallest absolute Gasteiger partial charge is 0.207 e. The molecule has 1 unspecified atom stereocenters. The molecule has 3 nitrogen and oxygen atoms in total. The van der Waals surface area contributed by atoms with Crippen LogP contribution in [0, 0.1) is 5.92 Å². The second-order valence-corrected chi connectivity index (χ2v) is 7.91. The predicted octanol–water partition coefficient (Wildman–Crippen LogP) is 3.04. The lowest BCUT2D eigenvalue weighted by atomic mass is 9.98. The molecule has 1 atom stereocenters. The maximum Gasteiger partial charge on any atom is 0.239 e. The summed E-state index contributed by atoms with van der Waals surface area (Å²) in [6.07, 6.45) is 5.43. The summed E-state index contributed by atoms with van der Waals surface area (Å²) in [7, 11) is -3.27. The van der Waals surface area contributed by atoms with Crippen LogP contribution in [-0.2, 0) is 16.4 Å². The van der Waals surface area contributed by atoms with Gasteiger partial charge in [-0.3, -0.25) is 0 Å². The van der Waals surface area contributed by atoms with E-state index in [2.05, 4.69) is 13.0 Å². The Balaban J connectivity index is 1.91. The Morgan fingerprint density at radius 1 is 1.20 bits per heavy atom. The Hall–Kier alpha value is -1.13. The first-order valence-electron chi connectivity index (χ1n) is 7.36. The highest BCUT2D eigenvalue weighted by atomic mass is 32.2. The number of allylic oxidation sites excluding steroid dienone is 1. The molecule has 4 heteroatoms. The second-order valence-electron chi connectivity index (χ2n) is 5.92. The van der Waals surface area contributed by atoms with Gasteiger partial charge in [-0.2, -0.15) is 4.31 Å². The lowest BCUT2D eigenvalue weighted by molar-refractivity contribution is 0.283. The summed E-state index contributed by atoms with van der Waals surface area (Å²) in [6, 6.07) is 8.06. The summed E-state index contributed by atoms with van der Waals surface area (Å²) < 4.78 is 27.2. The van der Waals surface area contributed by atoms with E-state index in [1.807, 2.05) is 24.3 Å². The average Bonchev–Trinajstić information content (AvgIpc) is 2.46. The van der Waals surface area contributed by atoms with E-state index >= 15 is 0 Å². The number of hydrogen-bond acceptors (Lipinski definition) is 2. The molecule has 0 amide bonds. The van der Waals surface area contributed by atoms with E-state index in [1.54, 1.807) is 4.31 Å². The Morgan fingerprint density at radius 3 is 2.80 bits per heavy atom. The molecule has 0 aromatic heterocycles. The largest absolute Gasteiger partial charge is 0.239 e. The van der Waals surface area contributed by atoms with Crippen LogP contribution in [0.3, 0.4) is 0 Å². The van der Waals surface area contributed by atoms with Crippen molar-refractivity contribution < 1.29 is 8.42 Å². The van der Waals surface area contributed by atoms with E-state index in [1.165, 1.54) is 5.56 Å². The van der Waals surface area contributed by atoms with Gasteiger partial charge in [-0.05, 0) is 48.8 Å². The van der Waals surface area contributed by atoms with Crippen molar-refractivity contribution in [3.63, 3.8) is 0 Å². The molecular weight excluding hydrogens is 270 g/mol. The van der Waals surface area contributed by atoms with E-state index in [0.717, 1.165) is 24.8 Å². The summed E-state index contributed by atoms with van der Waals surface area (Å²) in [6.45, 7) is 3.47. The van der Waals surface area contributed by atoms with Crippen molar-refractivity contribution in [1.29, 1.82) is 0 Å². The maximum absolute atomic E-state index is 12.8. The third-order valence-electron chi connectivity index (χ3n) is 4.30. The second kappa shape index (κ2) is 5.34. The first-order chi connectivity index (χ1) is 9.57. The first kappa shape index (κ1) is 13.8. The summed E-state index contributed by atoms with van der Waals surface area (Å²) in [4.78, 5) is 0.588. The van der Waals surface area contributed by atoms with Gasteiger partial charge in [0.2, 0.25) is 10.0 Å². The Kier molecular flexibility index (Phi) is 3.69. The molecule has 1 aliphatic heterocycles. The van der Waals surface area contributed by atoms with Gasteiger partial charge >= 0.3 is 0 Å². The molecule has 1 fully saturated rings. The SMILES string of the molecule is CC1CCCN(S(=O)(=O)C2=Cc3ccccc3CC2)C1. The third kappa shape index (κ3) is 2.54. The van der Waals surface area contributed by atoms with Crippen molar-refractivity contribution >= 4 is 16.1 Å². The fraction of sp³-hybridized carbons (Fsp3) is 0.500. The molecule has 1 aliphatic carbocycles. The maximum atomic E-state index is 12.8. The zero-order valence-corrected chi connectivity index (χ0v) is 12.7. The van der Waals surface area contributed by atoms with Crippen molar-refractivity contribution in [2.45, 2.75) is 32.6 Å². The number of benzene rings is 1. The molecule has 1 aromatic rings. The highest BCUT2D eigenvalue weighted by Gasteiger charge is 2.31. The minimum Gasteiger partial charge on any atom is -0.207 e. The minimum atomic E-state index is -3.27. The third-order valence-corrected chi connectivity index (χ3v) is 6.30. The monoisotopic (exact) mass is 291 g/mol. The van der Waals surface area contributed by atoms with Gasteiger partial charge in [0.15, 0.2) is 0 Å². The van der Waals surface area contributed by atoms with Crippen LogP contribution >= 0.6 is 0 Å². The Bertz CT molecular complexity index is 634. The lowest BCUT2D eigenvalue weighted by Gasteiger charge is -2.31. The lowest BCUT2D eigenvalue weighted by Crippen LogP contribution is -2.39. The van der Waals surface area contributed by atoms with Crippen LogP contribution in [0.2, 0.25) is 0 Å². The van der Waals surface area contributed by atoms with E-state index < -0.39 is 10.0 Å². The van der Waals surface area contributed by atoms with Crippen LogP contribution in [0.15, 0.2) is 29.2 Å². The van der Waals surface area contributed by atoms with Crippen molar-refractivity contribution in [3.05, 3.63) is 40.3 Å². The molecule has 1 heterocycles. The zero-order chi connectivity index (χ0) is 14.2. The normalized spacial score (nSPS) is 24.1. The molecule has 2 aliphatic rings. The Labute approximate surface area is 121 Å². The van der Waals surface area contributed by atoms with Crippen molar-refractivity contribution in [3.8, 4) is 0 Å². The molecule has 1 aromatic carbocycles. The van der Waals surface area contributed by atoms with Crippen molar-refractivity contribution in [1.82, 2.24) is 4.31 Å². The van der Waals surface area contributed by atoms with Gasteiger partial charge in [0.05, 0.1) is 4.91 Å². The van der Waals surface area contributed by atoms with Crippen molar-refractivity contribution in [2.75, 3.05) is 13.1 Å². The molecule has 0 saturated carbocycles. The molecule has 1 saturated heterocycles. The fourth-order valence-electron chi connectivity index (χ4n) is 3.14. The molecule has 3 rings (SSSR count). The molecule has 0 radical (unpaired) electrons. The van der Waals surface area contributed by atoms with E-state index in [9.17, 15) is 8.42 Å². The molecule has 0 N–H and O–H groups in total. The molecule has 0 bridgehead atoms. The van der Waals surface area contributed by atoms with Gasteiger partial charge in [-0.15, -0.1) is 0 Å². The van der Waals surface area contributed by atoms with Gasteiger partial charge in [0.1, 0.15) is 0 Å². The first-order valence-corrected chi connectivity index (χ1v) is 8.80. The standard InChI is InChI=1S/C16H21NO2S/c1-13-5-4-10-17(12-13)20(18,19)16-9-8-14-6-2-3-7-15(14)11-16/h2-3,6-7,11,13H,4-5,8-10,12H2,1H3. The van der Waals surface area contributed by atoms with Crippen LogP contribution < -0.4 is 0 Å². The highest BCUT2D eigenvalue weighted by Crippen LogP contribution is 2.30. The fourth-order valence-corrected chi connectivity index (χ4v) is 4.93. The highest BCUT2D eigenvalue weighted by molar-refractivity contribution is 7.93. The van der Waals surface area contributed by atoms with Gasteiger partial charge in [-0.25, -0.2) is 8.42 Å². The molecule has 20 heavy (non-hydrogen) atoms. The zero-order valence-electron chi connectivity index (χ0n) is 11.9. The van der Waals surface area contributed by atoms with E-state index in [4.69, 9.17) is 0 Å². The quantitative estimate of drug-likeness (QED) is 0.840. The number of fused-ring (bicyclic) bond motifs is 1. The minimum absolute atomic E-state index is 0.468. The number of aryl methyl sites for hydroxylation is 1. The summed E-state index contributed by atoms with van der Waals surface area (Å²) >= 11 is 0. The summed E-state index contributed by atoms with van der Waals surface area (Å²) in [5.41, 5.74) is 2.31. The summed E-state index contributed by atoms with van der Waals surface area (Å²) in [5.74, 6) is 0.468. The van der Waals surface area contributed by atoms with Crippen LogP contribution in [0.4, 0.5) is 0 Å². The average molecular weight is 291 g/mol. The number of nitrogens with zero attached hydrogens (tertiary/aromatic N) is 1. The van der Waals surface area contributed by atoms with Gasteiger partial charge in [0, 0.05) is 13.1 Å². The van der Waals surface area contributed by atoms with Crippen LogP contribution in [0.25, 0.3) is 6.08 Å². The Morgan fingerprint density at radius 2 is 2.00 bits per heavy atom. The number of sulfonamides is 1. The van der Waals surface area contributed by atoms with Gasteiger partial charge in [0.25, 0.3) is 0 Å². The van der Waals surface area contributed by atoms with Crippen molar-refractivity contribution in [2.24, 2.45) is 5.92 Å². The summed E-state index contributed by atoms with van der Waals surface area (Å²) in [5, 5.41) is 0.